The summed E-state index contributed by atoms with van der Waals surface area (Å²) in [6.45, 7) is 2.84. The van der Waals surface area contributed by atoms with E-state index in [1.165, 1.54) is 4.31 Å². The van der Waals surface area contributed by atoms with E-state index in [9.17, 15) is 13.2 Å². The Morgan fingerprint density at radius 3 is 2.69 bits per heavy atom. The van der Waals surface area contributed by atoms with Crippen LogP contribution in [0, 0.1) is 0 Å². The van der Waals surface area contributed by atoms with Crippen LogP contribution in [0.3, 0.4) is 0 Å². The molecule has 1 atom stereocenters. The molecule has 1 saturated heterocycles. The number of sulfonamides is 1. The Balaban J connectivity index is 2.35. The maximum Gasteiger partial charge on any atom is 0.235 e. The average molecular weight is 249 g/mol. The van der Waals surface area contributed by atoms with Crippen LogP contribution in [0.25, 0.3) is 0 Å². The first kappa shape index (κ1) is 13.4. The van der Waals surface area contributed by atoms with E-state index in [-0.39, 0.29) is 24.2 Å². The summed E-state index contributed by atoms with van der Waals surface area (Å²) in [5.74, 6) is -0.0831. The molecule has 16 heavy (non-hydrogen) atoms. The largest absolute Gasteiger partial charge is 0.353 e. The van der Waals surface area contributed by atoms with Gasteiger partial charge in [-0.25, -0.2) is 8.42 Å². The molecule has 94 valence electrons. The smallest absolute Gasteiger partial charge is 0.235 e. The van der Waals surface area contributed by atoms with Gasteiger partial charge >= 0.3 is 0 Å². The van der Waals surface area contributed by atoms with Crippen LogP contribution in [0.1, 0.15) is 13.3 Å². The third-order valence-corrected chi connectivity index (χ3v) is 4.52. The number of hydrogen-bond acceptors (Lipinski definition) is 4. The molecule has 2 N–H and O–H groups in total. The number of hydrogen-bond donors (Lipinski definition) is 2. The molecule has 0 aliphatic carbocycles. The Morgan fingerprint density at radius 2 is 2.19 bits per heavy atom. The Kier molecular flexibility index (Phi) is 4.69. The molecule has 1 rings (SSSR count). The topological polar surface area (TPSA) is 78.5 Å². The van der Waals surface area contributed by atoms with Crippen molar-refractivity contribution >= 4 is 15.9 Å². The molecule has 1 aliphatic rings. The van der Waals surface area contributed by atoms with E-state index < -0.39 is 10.0 Å². The molecule has 0 spiro atoms. The van der Waals surface area contributed by atoms with Gasteiger partial charge in [-0.3, -0.25) is 4.79 Å². The van der Waals surface area contributed by atoms with Gasteiger partial charge in [0.2, 0.25) is 15.9 Å². The van der Waals surface area contributed by atoms with Crippen LogP contribution in [-0.2, 0) is 14.8 Å². The van der Waals surface area contributed by atoms with Gasteiger partial charge in [0.15, 0.2) is 0 Å². The molecule has 1 heterocycles. The van der Waals surface area contributed by atoms with E-state index in [0.717, 1.165) is 0 Å². The van der Waals surface area contributed by atoms with Gasteiger partial charge in [-0.2, -0.15) is 4.31 Å². The number of rotatable bonds is 5. The van der Waals surface area contributed by atoms with Crippen LogP contribution in [0.4, 0.5) is 0 Å². The maximum absolute atomic E-state index is 11.5. The highest BCUT2D eigenvalue weighted by atomic mass is 32.2. The lowest BCUT2D eigenvalue weighted by atomic mass is 10.3. The number of amides is 1. The van der Waals surface area contributed by atoms with Crippen molar-refractivity contribution in [2.24, 2.45) is 0 Å². The monoisotopic (exact) mass is 249 g/mol. The third kappa shape index (κ3) is 3.73. The average Bonchev–Trinajstić information content (AvgIpc) is 2.55. The van der Waals surface area contributed by atoms with Gasteiger partial charge in [-0.1, -0.05) is 0 Å². The van der Waals surface area contributed by atoms with Crippen molar-refractivity contribution in [2.45, 2.75) is 19.4 Å². The lowest BCUT2D eigenvalue weighted by Crippen LogP contribution is -2.42. The first-order chi connectivity index (χ1) is 7.45. The van der Waals surface area contributed by atoms with Crippen molar-refractivity contribution in [1.82, 2.24) is 14.9 Å². The fourth-order valence-corrected chi connectivity index (χ4v) is 2.93. The first-order valence-corrected chi connectivity index (χ1v) is 6.98. The van der Waals surface area contributed by atoms with Gasteiger partial charge in [0.05, 0.1) is 12.3 Å². The fraction of sp³-hybridized carbons (Fsp3) is 0.889. The summed E-state index contributed by atoms with van der Waals surface area (Å²) in [5.41, 5.74) is 0. The minimum absolute atomic E-state index is 0.0568. The molecular formula is C9H19N3O3S. The van der Waals surface area contributed by atoms with Gasteiger partial charge in [-0.15, -0.1) is 0 Å². The molecule has 7 heteroatoms. The second-order valence-electron chi connectivity index (χ2n) is 4.00. The summed E-state index contributed by atoms with van der Waals surface area (Å²) in [7, 11) is -1.36. The van der Waals surface area contributed by atoms with Gasteiger partial charge in [0.1, 0.15) is 0 Å². The summed E-state index contributed by atoms with van der Waals surface area (Å²) in [5, 5.41) is 5.67. The Morgan fingerprint density at radius 1 is 1.50 bits per heavy atom. The number of carbonyl (C=O) groups is 1. The van der Waals surface area contributed by atoms with Gasteiger partial charge in [0.25, 0.3) is 0 Å². The molecule has 0 aromatic heterocycles. The van der Waals surface area contributed by atoms with E-state index in [4.69, 9.17) is 0 Å². The van der Waals surface area contributed by atoms with Crippen LogP contribution in [-0.4, -0.2) is 57.1 Å². The predicted octanol–water partition coefficient (Wildman–Crippen LogP) is -1.25. The van der Waals surface area contributed by atoms with Crippen molar-refractivity contribution in [2.75, 3.05) is 32.4 Å². The second-order valence-corrected chi connectivity index (χ2v) is 6.09. The van der Waals surface area contributed by atoms with E-state index in [1.807, 2.05) is 14.0 Å². The number of nitrogens with zero attached hydrogens (tertiary/aromatic N) is 1. The minimum Gasteiger partial charge on any atom is -0.353 e. The van der Waals surface area contributed by atoms with Crippen molar-refractivity contribution in [3.63, 3.8) is 0 Å². The first-order valence-electron chi connectivity index (χ1n) is 5.37. The molecule has 0 bridgehead atoms. The second kappa shape index (κ2) is 5.60. The van der Waals surface area contributed by atoms with Crippen LogP contribution in [0.5, 0.6) is 0 Å². The van der Waals surface area contributed by atoms with Crippen LogP contribution >= 0.6 is 0 Å². The summed E-state index contributed by atoms with van der Waals surface area (Å²) in [6.07, 6.45) is 0.614. The molecule has 0 radical (unpaired) electrons. The quantitative estimate of drug-likeness (QED) is 0.638. The van der Waals surface area contributed by atoms with Crippen LogP contribution < -0.4 is 10.6 Å². The summed E-state index contributed by atoms with van der Waals surface area (Å²) >= 11 is 0. The van der Waals surface area contributed by atoms with Gasteiger partial charge in [0, 0.05) is 19.1 Å². The van der Waals surface area contributed by atoms with Gasteiger partial charge < -0.3 is 10.6 Å². The van der Waals surface area contributed by atoms with Crippen molar-refractivity contribution in [3.8, 4) is 0 Å². The Hall–Kier alpha value is -0.660. The number of nitrogens with one attached hydrogen (secondary N) is 2. The van der Waals surface area contributed by atoms with E-state index in [2.05, 4.69) is 10.6 Å². The number of carbonyl (C=O) groups excluding carboxylic acids is 1. The number of likely N-dealkylation sites (N-methyl/N-ethyl adjacent to an activating group) is 1. The van der Waals surface area contributed by atoms with Crippen molar-refractivity contribution < 1.29 is 13.2 Å². The molecular weight excluding hydrogens is 230 g/mol. The summed E-state index contributed by atoms with van der Waals surface area (Å²) in [4.78, 5) is 11.5. The molecule has 1 aliphatic heterocycles. The normalized spacial score (nSPS) is 21.9. The molecule has 1 amide bonds. The highest BCUT2D eigenvalue weighted by Crippen LogP contribution is 2.11. The zero-order valence-electron chi connectivity index (χ0n) is 9.69. The van der Waals surface area contributed by atoms with Crippen LogP contribution in [0.2, 0.25) is 0 Å². The Bertz CT molecular complexity index is 342. The summed E-state index contributed by atoms with van der Waals surface area (Å²) in [6, 6.07) is 0.180. The molecule has 1 unspecified atom stereocenters. The van der Waals surface area contributed by atoms with E-state index in [1.54, 1.807) is 0 Å². The summed E-state index contributed by atoms with van der Waals surface area (Å²) < 4.78 is 24.1. The van der Waals surface area contributed by atoms with Crippen LogP contribution in [0.15, 0.2) is 0 Å². The zero-order valence-corrected chi connectivity index (χ0v) is 10.5. The van der Waals surface area contributed by atoms with Gasteiger partial charge in [-0.05, 0) is 20.4 Å². The fourth-order valence-electron chi connectivity index (χ4n) is 1.45. The standard InChI is InChI=1S/C9H19N3O3S/c1-8(10-2)6-11-9(13)7-12-4-3-5-16(12,14)15/h8,10H,3-7H2,1-2H3,(H,11,13). The van der Waals surface area contributed by atoms with Crippen molar-refractivity contribution in [1.29, 1.82) is 0 Å². The molecule has 0 saturated carbocycles. The SMILES string of the molecule is CNC(C)CNC(=O)CN1CCCS1(=O)=O. The van der Waals surface area contributed by atoms with Crippen molar-refractivity contribution in [3.05, 3.63) is 0 Å². The van der Waals surface area contributed by atoms with E-state index in [0.29, 0.717) is 19.5 Å². The molecule has 0 aromatic rings. The zero-order chi connectivity index (χ0) is 12.2. The lowest BCUT2D eigenvalue weighted by molar-refractivity contribution is -0.121. The molecule has 6 nitrogen and oxygen atoms in total. The molecule has 0 aromatic carbocycles. The highest BCUT2D eigenvalue weighted by Gasteiger charge is 2.29. The molecule has 1 fully saturated rings. The lowest BCUT2D eigenvalue weighted by Gasteiger charge is -2.15. The minimum atomic E-state index is -3.17. The predicted molar refractivity (Wildman–Crippen MR) is 61.5 cm³/mol. The van der Waals surface area contributed by atoms with E-state index >= 15 is 0 Å². The highest BCUT2D eigenvalue weighted by molar-refractivity contribution is 7.89. The Labute approximate surface area is 96.4 Å². The third-order valence-electron chi connectivity index (χ3n) is 2.62. The maximum atomic E-state index is 11.5.